The van der Waals surface area contributed by atoms with Crippen LogP contribution in [0.4, 0.5) is 0 Å². The van der Waals surface area contributed by atoms with Crippen molar-refractivity contribution in [3.63, 3.8) is 0 Å². The molecule has 21 heavy (non-hydrogen) atoms. The van der Waals surface area contributed by atoms with Gasteiger partial charge < -0.3 is 19.3 Å². The molecule has 0 aliphatic carbocycles. The molecule has 6 nitrogen and oxygen atoms in total. The fraction of sp³-hybridized carbons (Fsp3) is 0.600. The van der Waals surface area contributed by atoms with Gasteiger partial charge in [-0.1, -0.05) is 0 Å². The first-order valence-electron chi connectivity index (χ1n) is 6.75. The van der Waals surface area contributed by atoms with Gasteiger partial charge in [-0.3, -0.25) is 9.59 Å². The van der Waals surface area contributed by atoms with Crippen molar-refractivity contribution in [2.45, 2.75) is 31.8 Å². The van der Waals surface area contributed by atoms with Gasteiger partial charge in [-0.15, -0.1) is 0 Å². The molecule has 0 N–H and O–H groups in total. The van der Waals surface area contributed by atoms with Crippen molar-refractivity contribution in [3.8, 4) is 0 Å². The van der Waals surface area contributed by atoms with Crippen LogP contribution in [0.3, 0.4) is 0 Å². The number of carbonyl (C=O) groups excluding carboxylic acids is 2. The third-order valence-electron chi connectivity index (χ3n) is 2.73. The van der Waals surface area contributed by atoms with Crippen LogP contribution < -0.4 is 0 Å². The second kappa shape index (κ2) is 6.87. The number of hydrogen-bond donors (Lipinski definition) is 0. The Morgan fingerprint density at radius 2 is 1.19 bits per heavy atom. The Balaban J connectivity index is 2.89. The van der Waals surface area contributed by atoms with Crippen molar-refractivity contribution >= 4 is 11.6 Å². The van der Waals surface area contributed by atoms with Gasteiger partial charge >= 0.3 is 0 Å². The Labute approximate surface area is 126 Å². The fourth-order valence-electron chi connectivity index (χ4n) is 1.81. The highest BCUT2D eigenvalue weighted by Crippen LogP contribution is 2.29. The van der Waals surface area contributed by atoms with Crippen LogP contribution in [0.2, 0.25) is 0 Å². The predicted molar refractivity (Wildman–Crippen MR) is 79.5 cm³/mol. The van der Waals surface area contributed by atoms with Crippen molar-refractivity contribution in [1.82, 2.24) is 9.80 Å². The lowest BCUT2D eigenvalue weighted by Gasteiger charge is -2.15. The molecule has 0 radical (unpaired) electrons. The monoisotopic (exact) mass is 296 g/mol. The summed E-state index contributed by atoms with van der Waals surface area (Å²) < 4.78 is 11.1. The minimum absolute atomic E-state index is 0.286. The van der Waals surface area contributed by atoms with Gasteiger partial charge in [-0.2, -0.15) is 0 Å². The topological polar surface area (TPSA) is 59.1 Å². The van der Waals surface area contributed by atoms with Gasteiger partial charge in [0.05, 0.1) is 0 Å². The summed E-state index contributed by atoms with van der Waals surface area (Å²) in [6, 6.07) is 0. The minimum atomic E-state index is -0.960. The van der Waals surface area contributed by atoms with E-state index in [4.69, 9.17) is 9.47 Å². The Kier molecular flexibility index (Phi) is 5.69. The fourth-order valence-corrected chi connectivity index (χ4v) is 1.81. The molecule has 1 rings (SSSR count). The van der Waals surface area contributed by atoms with Crippen LogP contribution >= 0.6 is 0 Å². The summed E-state index contributed by atoms with van der Waals surface area (Å²) in [7, 11) is 7.23. The van der Waals surface area contributed by atoms with E-state index in [1.807, 2.05) is 28.2 Å². The zero-order valence-corrected chi connectivity index (χ0v) is 13.5. The number of ketones is 2. The summed E-state index contributed by atoms with van der Waals surface area (Å²) in [6.45, 7) is 3.37. The molecule has 0 unspecified atom stereocenters. The average molecular weight is 296 g/mol. The molecule has 1 fully saturated rings. The second-order valence-corrected chi connectivity index (χ2v) is 5.84. The Bertz CT molecular complexity index is 413. The molecule has 1 saturated heterocycles. The van der Waals surface area contributed by atoms with Crippen molar-refractivity contribution in [1.29, 1.82) is 0 Å². The Morgan fingerprint density at radius 3 is 1.48 bits per heavy atom. The van der Waals surface area contributed by atoms with E-state index >= 15 is 0 Å². The largest absolute Gasteiger partial charge is 0.383 e. The number of rotatable bonds is 6. The van der Waals surface area contributed by atoms with Crippen LogP contribution in [0.5, 0.6) is 0 Å². The molecule has 2 atom stereocenters. The smallest absolute Gasteiger partial charge is 0.189 e. The van der Waals surface area contributed by atoms with Crippen LogP contribution in [-0.4, -0.2) is 67.6 Å². The van der Waals surface area contributed by atoms with Gasteiger partial charge in [0, 0.05) is 40.6 Å². The zero-order chi connectivity index (χ0) is 16.2. The summed E-state index contributed by atoms with van der Waals surface area (Å²) >= 11 is 0. The molecule has 0 spiro atoms. The van der Waals surface area contributed by atoms with Gasteiger partial charge in [0.25, 0.3) is 0 Å². The van der Waals surface area contributed by atoms with Crippen molar-refractivity contribution < 1.29 is 19.1 Å². The van der Waals surface area contributed by atoms with Crippen LogP contribution in [0.25, 0.3) is 0 Å². The molecule has 0 bridgehead atoms. The van der Waals surface area contributed by atoms with E-state index in [1.54, 1.807) is 36.0 Å². The molecule has 1 heterocycles. The summed E-state index contributed by atoms with van der Waals surface area (Å²) in [6.07, 6.45) is 4.19. The number of carbonyl (C=O) groups is 2. The lowest BCUT2D eigenvalue weighted by molar-refractivity contribution is -0.155. The van der Waals surface area contributed by atoms with Crippen LogP contribution in [0.1, 0.15) is 13.8 Å². The molecule has 0 aromatic carbocycles. The quantitative estimate of drug-likeness (QED) is 0.676. The molecule has 0 aromatic rings. The first-order chi connectivity index (χ1) is 9.62. The maximum Gasteiger partial charge on any atom is 0.189 e. The summed E-state index contributed by atoms with van der Waals surface area (Å²) in [5.41, 5.74) is 0. The lowest BCUT2D eigenvalue weighted by atomic mass is 10.1. The Morgan fingerprint density at radius 1 is 0.857 bits per heavy atom. The molecule has 0 amide bonds. The summed E-state index contributed by atoms with van der Waals surface area (Å²) in [5.74, 6) is -1.53. The van der Waals surface area contributed by atoms with E-state index in [9.17, 15) is 9.59 Å². The normalized spacial score (nSPS) is 24.7. The molecule has 0 saturated carbocycles. The third-order valence-corrected chi connectivity index (χ3v) is 2.73. The molecular weight excluding hydrogens is 272 g/mol. The van der Waals surface area contributed by atoms with E-state index in [-0.39, 0.29) is 11.6 Å². The van der Waals surface area contributed by atoms with E-state index in [0.29, 0.717) is 0 Å². The predicted octanol–water partition coefficient (Wildman–Crippen LogP) is 0.795. The van der Waals surface area contributed by atoms with Gasteiger partial charge in [0.1, 0.15) is 0 Å². The summed E-state index contributed by atoms with van der Waals surface area (Å²) in [4.78, 5) is 27.8. The Hall–Kier alpha value is -1.66. The van der Waals surface area contributed by atoms with E-state index in [2.05, 4.69) is 0 Å². The number of ether oxygens (including phenoxy) is 2. The zero-order valence-electron chi connectivity index (χ0n) is 13.5. The second-order valence-electron chi connectivity index (χ2n) is 5.84. The van der Waals surface area contributed by atoms with Gasteiger partial charge in [0.2, 0.25) is 0 Å². The highest BCUT2D eigenvalue weighted by Gasteiger charge is 2.47. The van der Waals surface area contributed by atoms with E-state index in [0.717, 1.165) is 0 Å². The number of nitrogens with zero attached hydrogens (tertiary/aromatic N) is 2. The average Bonchev–Trinajstić information content (AvgIpc) is 2.69. The third kappa shape index (κ3) is 5.32. The van der Waals surface area contributed by atoms with Gasteiger partial charge in [-0.05, 0) is 26.0 Å². The maximum absolute atomic E-state index is 12.2. The SMILES string of the molecule is CN(C)/C=C/C(=O)[C@@H]1OC(C)(C)O[C@H]1C(=O)/C=C/N(C)C. The van der Waals surface area contributed by atoms with E-state index in [1.165, 1.54) is 12.2 Å². The first-order valence-corrected chi connectivity index (χ1v) is 6.75. The maximum atomic E-state index is 12.2. The highest BCUT2D eigenvalue weighted by molar-refractivity contribution is 6.02. The molecule has 118 valence electrons. The molecular formula is C15H24N2O4. The van der Waals surface area contributed by atoms with E-state index < -0.39 is 18.0 Å². The van der Waals surface area contributed by atoms with Crippen molar-refractivity contribution in [3.05, 3.63) is 24.6 Å². The molecule has 6 heteroatoms. The first kappa shape index (κ1) is 17.4. The number of hydrogen-bond acceptors (Lipinski definition) is 6. The lowest BCUT2D eigenvalue weighted by Crippen LogP contribution is -2.36. The minimum Gasteiger partial charge on any atom is -0.383 e. The van der Waals surface area contributed by atoms with Crippen LogP contribution in [0.15, 0.2) is 24.6 Å². The van der Waals surface area contributed by atoms with Crippen LogP contribution in [0, 0.1) is 0 Å². The van der Waals surface area contributed by atoms with Crippen molar-refractivity contribution in [2.75, 3.05) is 28.2 Å². The standard InChI is InChI=1S/C15H24N2O4/c1-15(2)20-13(11(18)7-9-16(3)4)14(21-15)12(19)8-10-17(5)6/h7-10,13-14H,1-6H3/b9-7+,10-8+/t13-,14-/m0/s1. The van der Waals surface area contributed by atoms with Gasteiger partial charge in [-0.25, -0.2) is 0 Å². The molecule has 0 aromatic heterocycles. The van der Waals surface area contributed by atoms with Gasteiger partial charge in [0.15, 0.2) is 29.6 Å². The highest BCUT2D eigenvalue weighted by atomic mass is 16.8. The molecule has 1 aliphatic heterocycles. The van der Waals surface area contributed by atoms with Crippen LogP contribution in [-0.2, 0) is 19.1 Å². The molecule has 1 aliphatic rings. The summed E-state index contributed by atoms with van der Waals surface area (Å²) in [5, 5.41) is 0. The van der Waals surface area contributed by atoms with Crippen molar-refractivity contribution in [2.24, 2.45) is 0 Å².